The van der Waals surface area contributed by atoms with Crippen molar-refractivity contribution in [3.63, 3.8) is 0 Å². The molecule has 2 aromatic carbocycles. The molecule has 0 amide bonds. The van der Waals surface area contributed by atoms with E-state index in [4.69, 9.17) is 9.25 Å². The Morgan fingerprint density at radius 3 is 2.59 bits per heavy atom. The summed E-state index contributed by atoms with van der Waals surface area (Å²) in [6.07, 6.45) is 1.59. The number of nitrogens with zero attached hydrogens (tertiary/aromatic N) is 3. The normalized spacial score (nSPS) is 11.0. The van der Waals surface area contributed by atoms with E-state index < -0.39 is 0 Å². The molecule has 0 saturated heterocycles. The summed E-state index contributed by atoms with van der Waals surface area (Å²) in [7, 11) is 0. The molecule has 3 aromatic rings. The second-order valence-corrected chi connectivity index (χ2v) is 4.43. The van der Waals surface area contributed by atoms with Gasteiger partial charge in [-0.05, 0) is 29.8 Å². The maximum Gasteiger partial charge on any atom is 0.257 e. The molecule has 0 fully saturated rings. The van der Waals surface area contributed by atoms with Crippen molar-refractivity contribution in [3.05, 3.63) is 71.9 Å². The zero-order chi connectivity index (χ0) is 15.2. The Labute approximate surface area is 126 Å². The van der Waals surface area contributed by atoms with Gasteiger partial charge in [0.15, 0.2) is 6.61 Å². The summed E-state index contributed by atoms with van der Waals surface area (Å²) in [5.41, 5.74) is 1.58. The number of aromatic nitrogens is 2. The van der Waals surface area contributed by atoms with Crippen LogP contribution in [-0.4, -0.2) is 16.4 Å². The van der Waals surface area contributed by atoms with Gasteiger partial charge in [0, 0.05) is 5.56 Å². The van der Waals surface area contributed by atoms with Crippen molar-refractivity contribution in [2.75, 3.05) is 0 Å². The largest absolute Gasteiger partial charge is 0.417 e. The molecule has 0 saturated carbocycles. The van der Waals surface area contributed by atoms with Crippen molar-refractivity contribution in [2.45, 2.75) is 6.61 Å². The van der Waals surface area contributed by atoms with Crippen LogP contribution in [0.25, 0.3) is 11.5 Å². The fraction of sp³-hybridized carbons (Fsp3) is 0.0625. The molecule has 0 aliphatic rings. The predicted octanol–water partition coefficient (Wildman–Crippen LogP) is 3.43. The summed E-state index contributed by atoms with van der Waals surface area (Å²) in [5, 5.41) is 11.6. The Hall–Kier alpha value is -3.02. The molecule has 3 rings (SSSR count). The summed E-state index contributed by atoms with van der Waals surface area (Å²) >= 11 is 0. The Morgan fingerprint density at radius 2 is 1.82 bits per heavy atom. The third-order valence-corrected chi connectivity index (χ3v) is 2.82. The maximum absolute atomic E-state index is 12.9. The standard InChI is InChI=1S/C16H12FN3O2/c17-14-8-6-13(7-9-14)16-20-19-15(22-16)11-21-18-10-12-4-2-1-3-5-12/h1-10H,11H2/b18-10-. The van der Waals surface area contributed by atoms with E-state index in [-0.39, 0.29) is 12.4 Å². The Kier molecular flexibility index (Phi) is 4.20. The maximum atomic E-state index is 12.9. The van der Waals surface area contributed by atoms with Crippen LogP contribution < -0.4 is 0 Å². The van der Waals surface area contributed by atoms with Crippen LogP contribution in [0.4, 0.5) is 4.39 Å². The number of hydrogen-bond acceptors (Lipinski definition) is 5. The van der Waals surface area contributed by atoms with E-state index in [0.717, 1.165) is 5.56 Å². The number of benzene rings is 2. The Bertz CT molecular complexity index is 755. The Balaban J connectivity index is 1.58. The van der Waals surface area contributed by atoms with Crippen LogP contribution in [0.2, 0.25) is 0 Å². The molecule has 6 heteroatoms. The summed E-state index contributed by atoms with van der Waals surface area (Å²) in [5.74, 6) is 0.289. The fourth-order valence-electron chi connectivity index (χ4n) is 1.75. The van der Waals surface area contributed by atoms with Gasteiger partial charge in [-0.15, -0.1) is 10.2 Å². The lowest BCUT2D eigenvalue weighted by atomic mass is 10.2. The molecule has 5 nitrogen and oxygen atoms in total. The first-order valence-corrected chi connectivity index (χ1v) is 6.60. The van der Waals surface area contributed by atoms with E-state index in [1.165, 1.54) is 12.1 Å². The van der Waals surface area contributed by atoms with E-state index in [0.29, 0.717) is 17.3 Å². The molecule has 0 aliphatic carbocycles. The highest BCUT2D eigenvalue weighted by Gasteiger charge is 2.08. The van der Waals surface area contributed by atoms with Gasteiger partial charge < -0.3 is 9.25 Å². The molecule has 0 aliphatic heterocycles. The third kappa shape index (κ3) is 3.54. The first-order valence-electron chi connectivity index (χ1n) is 6.60. The molecule has 0 N–H and O–H groups in total. The molecule has 0 radical (unpaired) electrons. The van der Waals surface area contributed by atoms with Gasteiger partial charge in [-0.25, -0.2) is 4.39 Å². The predicted molar refractivity (Wildman–Crippen MR) is 78.5 cm³/mol. The molecule has 0 unspecified atom stereocenters. The van der Waals surface area contributed by atoms with Crippen LogP contribution in [0.3, 0.4) is 0 Å². The molecule has 1 aromatic heterocycles. The van der Waals surface area contributed by atoms with Crippen LogP contribution >= 0.6 is 0 Å². The molecule has 0 spiro atoms. The summed E-state index contributed by atoms with van der Waals surface area (Å²) in [6.45, 7) is 0.0670. The van der Waals surface area contributed by atoms with E-state index in [1.54, 1.807) is 18.3 Å². The summed E-state index contributed by atoms with van der Waals surface area (Å²) in [6, 6.07) is 15.4. The summed E-state index contributed by atoms with van der Waals surface area (Å²) in [4.78, 5) is 5.11. The van der Waals surface area contributed by atoms with Crippen molar-refractivity contribution in [2.24, 2.45) is 5.16 Å². The minimum Gasteiger partial charge on any atom is -0.417 e. The van der Waals surface area contributed by atoms with Gasteiger partial charge >= 0.3 is 0 Å². The molecular formula is C16H12FN3O2. The number of halogens is 1. The zero-order valence-electron chi connectivity index (χ0n) is 11.5. The lowest BCUT2D eigenvalue weighted by Crippen LogP contribution is -1.88. The quantitative estimate of drug-likeness (QED) is 0.535. The smallest absolute Gasteiger partial charge is 0.257 e. The van der Waals surface area contributed by atoms with E-state index in [2.05, 4.69) is 15.4 Å². The SMILES string of the molecule is Fc1ccc(-c2nnc(CO/N=C\c3ccccc3)o2)cc1. The highest BCUT2D eigenvalue weighted by molar-refractivity contribution is 5.78. The minimum atomic E-state index is -0.318. The second-order valence-electron chi connectivity index (χ2n) is 4.43. The Morgan fingerprint density at radius 1 is 1.05 bits per heavy atom. The van der Waals surface area contributed by atoms with Gasteiger partial charge in [0.2, 0.25) is 5.89 Å². The van der Waals surface area contributed by atoms with Crippen LogP contribution in [-0.2, 0) is 11.4 Å². The number of hydrogen-bond donors (Lipinski definition) is 0. The van der Waals surface area contributed by atoms with Crippen molar-refractivity contribution < 1.29 is 13.6 Å². The van der Waals surface area contributed by atoms with Crippen LogP contribution in [0, 0.1) is 5.82 Å². The average molecular weight is 297 g/mol. The molecular weight excluding hydrogens is 285 g/mol. The molecule has 22 heavy (non-hydrogen) atoms. The average Bonchev–Trinajstić information content (AvgIpc) is 3.02. The highest BCUT2D eigenvalue weighted by Crippen LogP contribution is 2.18. The van der Waals surface area contributed by atoms with Crippen molar-refractivity contribution in [1.82, 2.24) is 10.2 Å². The van der Waals surface area contributed by atoms with Crippen LogP contribution in [0.15, 0.2) is 64.2 Å². The molecule has 0 bridgehead atoms. The van der Waals surface area contributed by atoms with Crippen LogP contribution in [0.1, 0.15) is 11.5 Å². The van der Waals surface area contributed by atoms with Gasteiger partial charge in [-0.2, -0.15) is 0 Å². The topological polar surface area (TPSA) is 60.5 Å². The van der Waals surface area contributed by atoms with Gasteiger partial charge in [-0.3, -0.25) is 0 Å². The lowest BCUT2D eigenvalue weighted by molar-refractivity contribution is 0.112. The van der Waals surface area contributed by atoms with Gasteiger partial charge in [-0.1, -0.05) is 35.5 Å². The number of rotatable bonds is 5. The molecule has 110 valence electrons. The fourth-order valence-corrected chi connectivity index (χ4v) is 1.75. The van der Waals surface area contributed by atoms with Crippen molar-refractivity contribution >= 4 is 6.21 Å². The van der Waals surface area contributed by atoms with Gasteiger partial charge in [0.1, 0.15) is 5.82 Å². The first kappa shape index (κ1) is 13.9. The number of oxime groups is 1. The second kappa shape index (κ2) is 6.62. The first-order chi connectivity index (χ1) is 10.8. The van der Waals surface area contributed by atoms with Gasteiger partial charge in [0.05, 0.1) is 6.21 Å². The highest BCUT2D eigenvalue weighted by atomic mass is 19.1. The van der Waals surface area contributed by atoms with E-state index in [1.807, 2.05) is 30.3 Å². The minimum absolute atomic E-state index is 0.0670. The zero-order valence-corrected chi connectivity index (χ0v) is 11.5. The van der Waals surface area contributed by atoms with Crippen LogP contribution in [0.5, 0.6) is 0 Å². The third-order valence-electron chi connectivity index (χ3n) is 2.82. The van der Waals surface area contributed by atoms with Crippen molar-refractivity contribution in [1.29, 1.82) is 0 Å². The van der Waals surface area contributed by atoms with E-state index >= 15 is 0 Å². The summed E-state index contributed by atoms with van der Waals surface area (Å²) < 4.78 is 18.3. The van der Waals surface area contributed by atoms with Crippen molar-refractivity contribution in [3.8, 4) is 11.5 Å². The van der Waals surface area contributed by atoms with Gasteiger partial charge in [0.25, 0.3) is 5.89 Å². The van der Waals surface area contributed by atoms with E-state index in [9.17, 15) is 4.39 Å². The molecule has 0 atom stereocenters. The molecule has 1 heterocycles. The lowest BCUT2D eigenvalue weighted by Gasteiger charge is -1.95. The monoisotopic (exact) mass is 297 g/mol.